The maximum absolute atomic E-state index is 12.4. The highest BCUT2D eigenvalue weighted by Gasteiger charge is 2.17. The lowest BCUT2D eigenvalue weighted by molar-refractivity contribution is -0.683. The van der Waals surface area contributed by atoms with Crippen LogP contribution in [0.2, 0.25) is 0 Å². The van der Waals surface area contributed by atoms with E-state index >= 15 is 0 Å². The number of ether oxygens (including phenoxy) is 2. The van der Waals surface area contributed by atoms with E-state index in [4.69, 9.17) is 9.47 Å². The molecule has 0 aliphatic carbocycles. The number of fused-ring (bicyclic) bond motifs is 1. The SMILES string of the molecule is CCCc1cc[n+](CC(=O)c2ccc3c(c2)OCCO3)cc1. The van der Waals surface area contributed by atoms with Gasteiger partial charge in [0.15, 0.2) is 23.9 Å². The van der Waals surface area contributed by atoms with Crippen LogP contribution in [0.3, 0.4) is 0 Å². The minimum Gasteiger partial charge on any atom is -0.486 e. The van der Waals surface area contributed by atoms with Gasteiger partial charge in [-0.2, -0.15) is 4.57 Å². The van der Waals surface area contributed by atoms with E-state index < -0.39 is 0 Å². The number of carbonyl (C=O) groups excluding carboxylic acids is 1. The molecular weight excluding hydrogens is 278 g/mol. The third-order valence-corrected chi connectivity index (χ3v) is 3.69. The van der Waals surface area contributed by atoms with Gasteiger partial charge in [-0.1, -0.05) is 13.3 Å². The zero-order chi connectivity index (χ0) is 15.4. The Morgan fingerprint density at radius 3 is 2.55 bits per heavy atom. The Bertz CT molecular complexity index is 665. The largest absolute Gasteiger partial charge is 0.486 e. The van der Waals surface area contributed by atoms with Crippen LogP contribution in [0.1, 0.15) is 29.3 Å². The van der Waals surface area contributed by atoms with Gasteiger partial charge in [0, 0.05) is 17.7 Å². The fourth-order valence-electron chi connectivity index (χ4n) is 2.52. The predicted molar refractivity (Wildman–Crippen MR) is 82.4 cm³/mol. The fraction of sp³-hybridized carbons (Fsp3) is 0.333. The van der Waals surface area contributed by atoms with Crippen molar-refractivity contribution < 1.29 is 18.8 Å². The molecule has 1 aromatic carbocycles. The lowest BCUT2D eigenvalue weighted by Gasteiger charge is -2.18. The summed E-state index contributed by atoms with van der Waals surface area (Å²) in [5.41, 5.74) is 1.94. The van der Waals surface area contributed by atoms with Crippen molar-refractivity contribution in [3.63, 3.8) is 0 Å². The van der Waals surface area contributed by atoms with Crippen molar-refractivity contribution in [3.05, 3.63) is 53.9 Å². The second kappa shape index (κ2) is 6.60. The summed E-state index contributed by atoms with van der Waals surface area (Å²) in [5.74, 6) is 1.42. The van der Waals surface area contributed by atoms with Crippen LogP contribution in [0.5, 0.6) is 11.5 Å². The molecule has 0 spiro atoms. The lowest BCUT2D eigenvalue weighted by Crippen LogP contribution is -2.37. The first-order valence-corrected chi connectivity index (χ1v) is 7.67. The molecule has 0 fully saturated rings. The van der Waals surface area contributed by atoms with Crippen LogP contribution in [-0.4, -0.2) is 19.0 Å². The third kappa shape index (κ3) is 3.27. The number of carbonyl (C=O) groups is 1. The number of benzene rings is 1. The van der Waals surface area contributed by atoms with E-state index in [1.807, 2.05) is 17.0 Å². The van der Waals surface area contributed by atoms with E-state index in [2.05, 4.69) is 19.1 Å². The van der Waals surface area contributed by atoms with Crippen LogP contribution in [0.25, 0.3) is 0 Å². The molecule has 0 atom stereocenters. The van der Waals surface area contributed by atoms with Gasteiger partial charge in [0.05, 0.1) is 0 Å². The lowest BCUT2D eigenvalue weighted by atomic mass is 10.1. The molecule has 3 rings (SSSR count). The van der Waals surface area contributed by atoms with Gasteiger partial charge in [-0.3, -0.25) is 4.79 Å². The van der Waals surface area contributed by atoms with E-state index in [1.54, 1.807) is 18.2 Å². The molecule has 0 bridgehead atoms. The summed E-state index contributed by atoms with van der Waals surface area (Å²) in [6.07, 6.45) is 6.11. The predicted octanol–water partition coefficient (Wildman–Crippen LogP) is 2.58. The second-order valence-electron chi connectivity index (χ2n) is 5.41. The highest BCUT2D eigenvalue weighted by molar-refractivity contribution is 5.95. The summed E-state index contributed by atoms with van der Waals surface area (Å²) < 4.78 is 12.9. The van der Waals surface area contributed by atoms with Crippen LogP contribution in [0.15, 0.2) is 42.7 Å². The highest BCUT2D eigenvalue weighted by Crippen LogP contribution is 2.30. The summed E-state index contributed by atoms with van der Waals surface area (Å²) in [7, 11) is 0. The van der Waals surface area contributed by atoms with Crippen LogP contribution in [-0.2, 0) is 13.0 Å². The maximum Gasteiger partial charge on any atom is 0.227 e. The summed E-state index contributed by atoms with van der Waals surface area (Å²) in [4.78, 5) is 12.4. The number of aromatic nitrogens is 1. The molecule has 0 radical (unpaired) electrons. The molecule has 2 aromatic rings. The molecule has 0 saturated heterocycles. The van der Waals surface area contributed by atoms with Crippen molar-refractivity contribution in [2.75, 3.05) is 13.2 Å². The minimum atomic E-state index is 0.0604. The zero-order valence-electron chi connectivity index (χ0n) is 12.7. The van der Waals surface area contributed by atoms with Gasteiger partial charge < -0.3 is 9.47 Å². The smallest absolute Gasteiger partial charge is 0.227 e. The molecule has 4 nitrogen and oxygen atoms in total. The summed E-state index contributed by atoms with van der Waals surface area (Å²) in [6, 6.07) is 9.50. The number of ketones is 1. The molecule has 1 aliphatic heterocycles. The number of aryl methyl sites for hydroxylation is 1. The summed E-state index contributed by atoms with van der Waals surface area (Å²) in [5, 5.41) is 0. The highest BCUT2D eigenvalue weighted by atomic mass is 16.6. The Morgan fingerprint density at radius 1 is 1.09 bits per heavy atom. The van der Waals surface area contributed by atoms with Gasteiger partial charge in [0.25, 0.3) is 0 Å². The third-order valence-electron chi connectivity index (χ3n) is 3.69. The maximum atomic E-state index is 12.4. The molecule has 1 aromatic heterocycles. The molecule has 0 saturated carbocycles. The first kappa shape index (κ1) is 14.6. The number of rotatable bonds is 5. The van der Waals surface area contributed by atoms with Crippen molar-refractivity contribution in [1.29, 1.82) is 0 Å². The standard InChI is InChI=1S/C18H20NO3/c1-2-3-14-6-8-19(9-7-14)13-16(20)15-4-5-17-18(12-15)22-11-10-21-17/h4-9,12H,2-3,10-11,13H2,1H3/q+1. The van der Waals surface area contributed by atoms with Gasteiger partial charge in [-0.15, -0.1) is 0 Å². The van der Waals surface area contributed by atoms with Crippen molar-refractivity contribution >= 4 is 5.78 Å². The van der Waals surface area contributed by atoms with Gasteiger partial charge >= 0.3 is 0 Å². The van der Waals surface area contributed by atoms with E-state index in [1.165, 1.54) is 5.56 Å². The van der Waals surface area contributed by atoms with E-state index in [9.17, 15) is 4.79 Å². The average Bonchev–Trinajstić information content (AvgIpc) is 2.56. The number of Topliss-reactive ketones (excluding diaryl/α,β-unsaturated/α-hetero) is 1. The molecule has 2 heterocycles. The first-order chi connectivity index (χ1) is 10.8. The number of hydrogen-bond acceptors (Lipinski definition) is 3. The van der Waals surface area contributed by atoms with Crippen LogP contribution < -0.4 is 14.0 Å². The van der Waals surface area contributed by atoms with Crippen LogP contribution in [0, 0.1) is 0 Å². The molecule has 4 heteroatoms. The summed E-state index contributed by atoms with van der Waals surface area (Å²) in [6.45, 7) is 3.57. The second-order valence-corrected chi connectivity index (χ2v) is 5.41. The number of nitrogens with zero attached hydrogens (tertiary/aromatic N) is 1. The molecule has 1 aliphatic rings. The zero-order valence-corrected chi connectivity index (χ0v) is 12.7. The molecule has 0 amide bonds. The molecule has 22 heavy (non-hydrogen) atoms. The van der Waals surface area contributed by atoms with Crippen LogP contribution >= 0.6 is 0 Å². The fourth-order valence-corrected chi connectivity index (χ4v) is 2.52. The Balaban J connectivity index is 1.71. The van der Waals surface area contributed by atoms with Gasteiger partial charge in [-0.05, 0) is 30.2 Å². The van der Waals surface area contributed by atoms with Gasteiger partial charge in [0.1, 0.15) is 13.2 Å². The van der Waals surface area contributed by atoms with Crippen molar-refractivity contribution in [2.24, 2.45) is 0 Å². The molecule has 0 N–H and O–H groups in total. The van der Waals surface area contributed by atoms with Gasteiger partial charge in [-0.25, -0.2) is 0 Å². The van der Waals surface area contributed by atoms with Crippen molar-refractivity contribution in [1.82, 2.24) is 0 Å². The van der Waals surface area contributed by atoms with E-state index in [0.29, 0.717) is 36.8 Å². The Labute approximate surface area is 130 Å². The van der Waals surface area contributed by atoms with Crippen molar-refractivity contribution in [2.45, 2.75) is 26.3 Å². The Kier molecular flexibility index (Phi) is 4.37. The molecule has 0 unspecified atom stereocenters. The van der Waals surface area contributed by atoms with Gasteiger partial charge in [0.2, 0.25) is 12.3 Å². The van der Waals surface area contributed by atoms with E-state index in [0.717, 1.165) is 12.8 Å². The molecular formula is C18H20NO3+. The Morgan fingerprint density at radius 2 is 1.82 bits per heavy atom. The first-order valence-electron chi connectivity index (χ1n) is 7.67. The quantitative estimate of drug-likeness (QED) is 0.629. The number of hydrogen-bond donors (Lipinski definition) is 0. The molecule has 114 valence electrons. The van der Waals surface area contributed by atoms with Crippen LogP contribution in [0.4, 0.5) is 0 Å². The minimum absolute atomic E-state index is 0.0604. The topological polar surface area (TPSA) is 39.4 Å². The number of pyridine rings is 1. The monoisotopic (exact) mass is 298 g/mol. The normalized spacial score (nSPS) is 13.0. The van der Waals surface area contributed by atoms with E-state index in [-0.39, 0.29) is 5.78 Å². The average molecular weight is 298 g/mol. The Hall–Kier alpha value is -2.36. The summed E-state index contributed by atoms with van der Waals surface area (Å²) >= 11 is 0. The van der Waals surface area contributed by atoms with Crippen molar-refractivity contribution in [3.8, 4) is 11.5 Å².